The third-order valence-corrected chi connectivity index (χ3v) is 3.55. The van der Waals surface area contributed by atoms with Crippen LogP contribution in [-0.4, -0.2) is 16.3 Å². The fourth-order valence-electron chi connectivity index (χ4n) is 2.29. The lowest BCUT2D eigenvalue weighted by atomic mass is 10.1. The molecule has 4 heteroatoms. The molecule has 0 spiro atoms. The lowest BCUT2D eigenvalue weighted by Gasteiger charge is -2.07. The molecule has 0 fully saturated rings. The topological polar surface area (TPSA) is 43.8 Å². The summed E-state index contributed by atoms with van der Waals surface area (Å²) in [6.45, 7) is 0.589. The van der Waals surface area contributed by atoms with Gasteiger partial charge in [0.2, 0.25) is 0 Å². The lowest BCUT2D eigenvalue weighted by Crippen LogP contribution is -2.04. The van der Waals surface area contributed by atoms with Crippen LogP contribution in [0.15, 0.2) is 60.7 Å². The first-order chi connectivity index (χ1) is 10.3. The van der Waals surface area contributed by atoms with E-state index >= 15 is 0 Å². The van der Waals surface area contributed by atoms with Gasteiger partial charge < -0.3 is 5.73 Å². The average Bonchev–Trinajstić information content (AvgIpc) is 2.93. The maximum atomic E-state index is 5.96. The Balaban J connectivity index is 2.11. The number of aromatic nitrogens is 2. The second-order valence-electron chi connectivity index (χ2n) is 4.81. The highest BCUT2D eigenvalue weighted by Crippen LogP contribution is 2.24. The third-order valence-electron chi connectivity index (χ3n) is 3.30. The molecule has 2 aromatic carbocycles. The van der Waals surface area contributed by atoms with Crippen molar-refractivity contribution in [3.63, 3.8) is 0 Å². The zero-order chi connectivity index (χ0) is 14.7. The van der Waals surface area contributed by atoms with Gasteiger partial charge in [0.1, 0.15) is 0 Å². The van der Waals surface area contributed by atoms with Crippen LogP contribution in [0.5, 0.6) is 0 Å². The van der Waals surface area contributed by atoms with Gasteiger partial charge in [-0.15, -0.1) is 0 Å². The molecule has 0 bridgehead atoms. The maximum Gasteiger partial charge on any atom is 0.0743 e. The molecule has 1 aromatic heterocycles. The van der Waals surface area contributed by atoms with Gasteiger partial charge in [-0.3, -0.25) is 0 Å². The Morgan fingerprint density at radius 3 is 2.38 bits per heavy atom. The zero-order valence-electron chi connectivity index (χ0n) is 11.5. The van der Waals surface area contributed by atoms with Gasteiger partial charge in [0, 0.05) is 17.0 Å². The van der Waals surface area contributed by atoms with Gasteiger partial charge in [-0.1, -0.05) is 41.9 Å². The molecular weight excluding hydrogens is 282 g/mol. The highest BCUT2D eigenvalue weighted by atomic mass is 35.5. The quantitative estimate of drug-likeness (QED) is 0.798. The lowest BCUT2D eigenvalue weighted by molar-refractivity contribution is 0.826. The number of benzene rings is 2. The largest absolute Gasteiger partial charge is 0.330 e. The Kier molecular flexibility index (Phi) is 4.04. The number of hydrogen-bond donors (Lipinski definition) is 1. The molecule has 0 unspecified atom stereocenters. The molecule has 0 amide bonds. The summed E-state index contributed by atoms with van der Waals surface area (Å²) in [5.41, 5.74) is 9.81. The summed E-state index contributed by atoms with van der Waals surface area (Å²) in [5, 5.41) is 5.39. The maximum absolute atomic E-state index is 5.96. The number of hydrogen-bond acceptors (Lipinski definition) is 2. The Hall–Kier alpha value is -2.10. The molecule has 2 N–H and O–H groups in total. The molecule has 0 aliphatic rings. The van der Waals surface area contributed by atoms with Crippen molar-refractivity contribution >= 4 is 11.6 Å². The monoisotopic (exact) mass is 297 g/mol. The summed E-state index contributed by atoms with van der Waals surface area (Å²) < 4.78 is 1.94. The molecular formula is C17H16ClN3. The van der Waals surface area contributed by atoms with Crippen LogP contribution in [0.4, 0.5) is 0 Å². The number of nitrogens with zero attached hydrogens (tertiary/aromatic N) is 2. The van der Waals surface area contributed by atoms with Crippen LogP contribution in [-0.2, 0) is 6.42 Å². The summed E-state index contributed by atoms with van der Waals surface area (Å²) >= 11 is 5.96. The molecule has 1 heterocycles. The van der Waals surface area contributed by atoms with Crippen LogP contribution in [0.1, 0.15) is 5.69 Å². The van der Waals surface area contributed by atoms with Crippen LogP contribution in [0.3, 0.4) is 0 Å². The van der Waals surface area contributed by atoms with Crippen LogP contribution in [0.2, 0.25) is 5.02 Å². The summed E-state index contributed by atoms with van der Waals surface area (Å²) in [6, 6.07) is 20.0. The van der Waals surface area contributed by atoms with Crippen LogP contribution < -0.4 is 5.73 Å². The molecule has 21 heavy (non-hydrogen) atoms. The van der Waals surface area contributed by atoms with Gasteiger partial charge in [0.05, 0.1) is 17.1 Å². The fraction of sp³-hybridized carbons (Fsp3) is 0.118. The zero-order valence-corrected chi connectivity index (χ0v) is 12.3. The van der Waals surface area contributed by atoms with E-state index in [-0.39, 0.29) is 0 Å². The van der Waals surface area contributed by atoms with Gasteiger partial charge in [0.25, 0.3) is 0 Å². The molecule has 0 radical (unpaired) electrons. The van der Waals surface area contributed by atoms with Crippen molar-refractivity contribution in [2.75, 3.05) is 6.54 Å². The van der Waals surface area contributed by atoms with Crippen molar-refractivity contribution in [2.45, 2.75) is 6.42 Å². The van der Waals surface area contributed by atoms with Crippen molar-refractivity contribution in [1.82, 2.24) is 9.78 Å². The van der Waals surface area contributed by atoms with E-state index in [1.165, 1.54) is 0 Å². The first-order valence-electron chi connectivity index (χ1n) is 6.88. The van der Waals surface area contributed by atoms with E-state index < -0.39 is 0 Å². The predicted octanol–water partition coefficient (Wildman–Crippen LogP) is 3.69. The second-order valence-corrected chi connectivity index (χ2v) is 5.25. The van der Waals surface area contributed by atoms with E-state index in [0.29, 0.717) is 11.6 Å². The number of rotatable bonds is 4. The fourth-order valence-corrected chi connectivity index (χ4v) is 2.42. The van der Waals surface area contributed by atoms with E-state index in [9.17, 15) is 0 Å². The first kappa shape index (κ1) is 13.9. The van der Waals surface area contributed by atoms with Crippen molar-refractivity contribution in [1.29, 1.82) is 0 Å². The second kappa shape index (κ2) is 6.12. The Bertz CT molecular complexity index is 718. The van der Waals surface area contributed by atoms with Crippen molar-refractivity contribution in [2.24, 2.45) is 5.73 Å². The third kappa shape index (κ3) is 2.99. The van der Waals surface area contributed by atoms with E-state index in [1.54, 1.807) is 0 Å². The van der Waals surface area contributed by atoms with Gasteiger partial charge in [0.15, 0.2) is 0 Å². The minimum absolute atomic E-state index is 0.589. The molecule has 0 atom stereocenters. The molecule has 0 saturated heterocycles. The molecule has 0 aliphatic carbocycles. The Labute approximate surface area is 129 Å². The number of halogens is 1. The summed E-state index contributed by atoms with van der Waals surface area (Å²) in [4.78, 5) is 0. The van der Waals surface area contributed by atoms with Gasteiger partial charge >= 0.3 is 0 Å². The summed E-state index contributed by atoms with van der Waals surface area (Å²) in [7, 11) is 0. The molecule has 0 saturated carbocycles. The van der Waals surface area contributed by atoms with E-state index in [1.807, 2.05) is 47.1 Å². The van der Waals surface area contributed by atoms with Crippen molar-refractivity contribution in [3.05, 3.63) is 71.4 Å². The Morgan fingerprint density at radius 1 is 1.00 bits per heavy atom. The predicted molar refractivity (Wildman–Crippen MR) is 86.8 cm³/mol. The van der Waals surface area contributed by atoms with Crippen LogP contribution >= 0.6 is 11.6 Å². The van der Waals surface area contributed by atoms with E-state index in [4.69, 9.17) is 17.3 Å². The number of nitrogens with two attached hydrogens (primary N) is 1. The Morgan fingerprint density at radius 2 is 1.71 bits per heavy atom. The first-order valence-corrected chi connectivity index (χ1v) is 7.26. The van der Waals surface area contributed by atoms with E-state index in [2.05, 4.69) is 23.3 Å². The minimum atomic E-state index is 0.589. The molecule has 3 nitrogen and oxygen atoms in total. The summed E-state index contributed by atoms with van der Waals surface area (Å²) in [6.07, 6.45) is 0.764. The van der Waals surface area contributed by atoms with Crippen molar-refractivity contribution < 1.29 is 0 Å². The van der Waals surface area contributed by atoms with E-state index in [0.717, 1.165) is 29.1 Å². The molecule has 3 rings (SSSR count). The average molecular weight is 298 g/mol. The normalized spacial score (nSPS) is 10.8. The summed E-state index contributed by atoms with van der Waals surface area (Å²) in [5.74, 6) is 0. The minimum Gasteiger partial charge on any atom is -0.330 e. The molecule has 0 aliphatic heterocycles. The van der Waals surface area contributed by atoms with Gasteiger partial charge in [-0.2, -0.15) is 5.10 Å². The highest BCUT2D eigenvalue weighted by molar-refractivity contribution is 6.30. The standard InChI is InChI=1S/C17H16ClN3/c18-14-6-8-16(9-7-14)21-17(12-15(20-21)10-11-19)13-4-2-1-3-5-13/h1-9,12H,10-11,19H2. The van der Waals surface area contributed by atoms with Crippen molar-refractivity contribution in [3.8, 4) is 16.9 Å². The highest BCUT2D eigenvalue weighted by Gasteiger charge is 2.11. The van der Waals surface area contributed by atoms with Gasteiger partial charge in [-0.05, 0) is 36.9 Å². The smallest absolute Gasteiger partial charge is 0.0743 e. The van der Waals surface area contributed by atoms with Crippen LogP contribution in [0.25, 0.3) is 16.9 Å². The van der Waals surface area contributed by atoms with Gasteiger partial charge in [-0.25, -0.2) is 4.68 Å². The van der Waals surface area contributed by atoms with Crippen LogP contribution in [0, 0.1) is 0 Å². The SMILES string of the molecule is NCCc1cc(-c2ccccc2)n(-c2ccc(Cl)cc2)n1. The molecule has 106 valence electrons. The molecule has 3 aromatic rings.